The van der Waals surface area contributed by atoms with Crippen molar-refractivity contribution in [2.75, 3.05) is 0 Å². The van der Waals surface area contributed by atoms with Crippen molar-refractivity contribution in [1.29, 1.82) is 0 Å². The Labute approximate surface area is 85.3 Å². The highest BCUT2D eigenvalue weighted by atomic mass is 31.2. The Kier molecular flexibility index (Phi) is 7.42. The average molecular weight is 226 g/mol. The number of halogens is 1. The molecule has 14 heavy (non-hydrogen) atoms. The Morgan fingerprint density at radius 1 is 1.29 bits per heavy atom. The van der Waals surface area contributed by atoms with Crippen LogP contribution in [0.5, 0.6) is 0 Å². The predicted molar refractivity (Wildman–Crippen MR) is 54.9 cm³/mol. The molecule has 0 amide bonds. The van der Waals surface area contributed by atoms with Gasteiger partial charge in [0.05, 0.1) is 6.10 Å². The molecule has 0 aromatic rings. The number of rotatable bonds is 8. The van der Waals surface area contributed by atoms with E-state index in [1.54, 1.807) is 0 Å². The van der Waals surface area contributed by atoms with Crippen LogP contribution in [0.15, 0.2) is 0 Å². The van der Waals surface area contributed by atoms with Crippen LogP contribution in [0.2, 0.25) is 0 Å². The molecule has 0 rings (SSSR count). The Balaban J connectivity index is 3.83. The van der Waals surface area contributed by atoms with Crippen molar-refractivity contribution in [3.63, 3.8) is 0 Å². The summed E-state index contributed by atoms with van der Waals surface area (Å²) in [5.74, 6) is 0. The van der Waals surface area contributed by atoms with Gasteiger partial charge in [-0.25, -0.2) is 4.57 Å². The van der Waals surface area contributed by atoms with Crippen molar-refractivity contribution in [1.82, 2.24) is 0 Å². The van der Waals surface area contributed by atoms with Gasteiger partial charge in [0.25, 0.3) is 0 Å². The van der Waals surface area contributed by atoms with E-state index in [-0.39, 0.29) is 0 Å². The van der Waals surface area contributed by atoms with Gasteiger partial charge < -0.3 is 0 Å². The summed E-state index contributed by atoms with van der Waals surface area (Å²) in [5, 5.41) is 0. The monoisotopic (exact) mass is 226 g/mol. The van der Waals surface area contributed by atoms with Gasteiger partial charge in [-0.1, -0.05) is 39.5 Å². The lowest BCUT2D eigenvalue weighted by Crippen LogP contribution is -2.10. The molecular formula is C9H20FO3P. The standard InChI is InChI=1S/C9H20FO3P/c1-3-5-6-8-9(7-4-2)13-14(10,11)12/h9H,3-8H2,1-2H3,(H,11,12). The van der Waals surface area contributed by atoms with Gasteiger partial charge in [0, 0.05) is 0 Å². The molecule has 0 bridgehead atoms. The first kappa shape index (κ1) is 14.1. The molecule has 1 N–H and O–H groups in total. The molecule has 0 aromatic heterocycles. The second kappa shape index (κ2) is 7.38. The third-order valence-electron chi connectivity index (χ3n) is 2.02. The number of hydrogen-bond acceptors (Lipinski definition) is 2. The molecule has 0 heterocycles. The zero-order valence-electron chi connectivity index (χ0n) is 8.91. The van der Waals surface area contributed by atoms with Crippen molar-refractivity contribution in [3.05, 3.63) is 0 Å². The van der Waals surface area contributed by atoms with E-state index in [9.17, 15) is 8.76 Å². The molecule has 3 nitrogen and oxygen atoms in total. The minimum Gasteiger partial charge on any atom is -0.299 e. The maximum Gasteiger partial charge on any atom is 0.510 e. The molecule has 0 radical (unpaired) electrons. The quantitative estimate of drug-likeness (QED) is 0.505. The summed E-state index contributed by atoms with van der Waals surface area (Å²) in [6.07, 6.45) is 4.76. The predicted octanol–water partition coefficient (Wildman–Crippen LogP) is 3.82. The summed E-state index contributed by atoms with van der Waals surface area (Å²) < 4.78 is 27.2. The normalized spacial score (nSPS) is 17.7. The second-order valence-corrected chi connectivity index (χ2v) is 4.58. The third kappa shape index (κ3) is 8.67. The van der Waals surface area contributed by atoms with Gasteiger partial charge in [-0.3, -0.25) is 9.42 Å². The van der Waals surface area contributed by atoms with Gasteiger partial charge in [0.2, 0.25) is 0 Å². The van der Waals surface area contributed by atoms with Gasteiger partial charge >= 0.3 is 7.91 Å². The summed E-state index contributed by atoms with van der Waals surface area (Å²) in [6.45, 7) is 4.01. The van der Waals surface area contributed by atoms with E-state index in [1.165, 1.54) is 0 Å². The average Bonchev–Trinajstić information content (AvgIpc) is 2.02. The largest absolute Gasteiger partial charge is 0.510 e. The molecule has 0 fully saturated rings. The summed E-state index contributed by atoms with van der Waals surface area (Å²) in [6, 6.07) is 0. The first-order valence-corrected chi connectivity index (χ1v) is 6.67. The van der Waals surface area contributed by atoms with Crippen LogP contribution in [0, 0.1) is 0 Å². The third-order valence-corrected chi connectivity index (χ3v) is 2.58. The first-order chi connectivity index (χ1) is 6.49. The van der Waals surface area contributed by atoms with Gasteiger partial charge in [0.1, 0.15) is 0 Å². The summed E-state index contributed by atoms with van der Waals surface area (Å²) in [5.41, 5.74) is 0. The Hall–Kier alpha value is 0.0800. The molecule has 0 aromatic carbocycles. The van der Waals surface area contributed by atoms with E-state index in [0.717, 1.165) is 25.7 Å². The molecule has 0 aliphatic carbocycles. The number of hydrogen-bond donors (Lipinski definition) is 1. The lowest BCUT2D eigenvalue weighted by Gasteiger charge is -2.16. The Bertz CT molecular complexity index is 181. The zero-order valence-corrected chi connectivity index (χ0v) is 9.80. The second-order valence-electron chi connectivity index (χ2n) is 3.46. The topological polar surface area (TPSA) is 46.5 Å². The van der Waals surface area contributed by atoms with E-state index >= 15 is 0 Å². The molecule has 0 saturated carbocycles. The van der Waals surface area contributed by atoms with Crippen molar-refractivity contribution in [2.24, 2.45) is 0 Å². The zero-order chi connectivity index (χ0) is 11.0. The highest BCUT2D eigenvalue weighted by Crippen LogP contribution is 2.46. The highest BCUT2D eigenvalue weighted by Gasteiger charge is 2.23. The fourth-order valence-corrected chi connectivity index (χ4v) is 1.96. The van der Waals surface area contributed by atoms with Crippen LogP contribution in [0.4, 0.5) is 4.20 Å². The van der Waals surface area contributed by atoms with Gasteiger partial charge in [0.15, 0.2) is 0 Å². The summed E-state index contributed by atoms with van der Waals surface area (Å²) >= 11 is 0. The van der Waals surface area contributed by atoms with E-state index in [4.69, 9.17) is 4.89 Å². The summed E-state index contributed by atoms with van der Waals surface area (Å²) in [7, 11) is -4.80. The SMILES string of the molecule is CCCCCC(CCC)OP(=O)(O)F. The fraction of sp³-hybridized carbons (Fsp3) is 1.00. The summed E-state index contributed by atoms with van der Waals surface area (Å²) in [4.78, 5) is 8.44. The molecule has 0 saturated heterocycles. The van der Waals surface area contributed by atoms with Crippen molar-refractivity contribution in [3.8, 4) is 0 Å². The molecule has 2 atom stereocenters. The van der Waals surface area contributed by atoms with Crippen LogP contribution >= 0.6 is 7.91 Å². The molecular weight excluding hydrogens is 206 g/mol. The maximum atomic E-state index is 12.4. The van der Waals surface area contributed by atoms with Crippen LogP contribution in [0.25, 0.3) is 0 Å². The highest BCUT2D eigenvalue weighted by molar-refractivity contribution is 7.46. The Morgan fingerprint density at radius 2 is 1.93 bits per heavy atom. The van der Waals surface area contributed by atoms with Crippen LogP contribution in [0.3, 0.4) is 0 Å². The molecule has 0 aliphatic rings. The number of unbranched alkanes of at least 4 members (excludes halogenated alkanes) is 2. The van der Waals surface area contributed by atoms with E-state index in [2.05, 4.69) is 11.4 Å². The van der Waals surface area contributed by atoms with Crippen LogP contribution < -0.4 is 0 Å². The van der Waals surface area contributed by atoms with E-state index < -0.39 is 14.0 Å². The van der Waals surface area contributed by atoms with Crippen molar-refractivity contribution in [2.45, 2.75) is 58.5 Å². The lowest BCUT2D eigenvalue weighted by atomic mass is 10.1. The fourth-order valence-electron chi connectivity index (χ4n) is 1.38. The Morgan fingerprint density at radius 3 is 2.36 bits per heavy atom. The maximum absolute atomic E-state index is 12.4. The first-order valence-electron chi connectivity index (χ1n) is 5.20. The molecule has 0 aliphatic heterocycles. The lowest BCUT2D eigenvalue weighted by molar-refractivity contribution is 0.134. The van der Waals surface area contributed by atoms with Gasteiger partial charge in [-0.05, 0) is 12.8 Å². The van der Waals surface area contributed by atoms with Crippen molar-refractivity contribution >= 4 is 7.91 Å². The van der Waals surface area contributed by atoms with Crippen LogP contribution in [0.1, 0.15) is 52.4 Å². The van der Waals surface area contributed by atoms with E-state index in [0.29, 0.717) is 12.8 Å². The molecule has 5 heteroatoms. The van der Waals surface area contributed by atoms with Crippen LogP contribution in [-0.2, 0) is 9.09 Å². The smallest absolute Gasteiger partial charge is 0.299 e. The minimum absolute atomic E-state index is 0.410. The van der Waals surface area contributed by atoms with Crippen LogP contribution in [-0.4, -0.2) is 11.0 Å². The molecule has 86 valence electrons. The minimum atomic E-state index is -4.80. The van der Waals surface area contributed by atoms with E-state index in [1.807, 2.05) is 6.92 Å². The molecule has 0 spiro atoms. The van der Waals surface area contributed by atoms with Gasteiger partial charge in [-0.15, -0.1) is 4.20 Å². The van der Waals surface area contributed by atoms with Gasteiger partial charge in [-0.2, -0.15) is 0 Å². The van der Waals surface area contributed by atoms with Crippen molar-refractivity contribution < 1.29 is 18.2 Å². The molecule has 2 unspecified atom stereocenters.